The fraction of sp³-hybridized carbons (Fsp3) is 0.136. The van der Waals surface area contributed by atoms with E-state index in [9.17, 15) is 4.79 Å². The summed E-state index contributed by atoms with van der Waals surface area (Å²) >= 11 is 0. The minimum absolute atomic E-state index is 0.162. The molecule has 0 atom stereocenters. The molecule has 0 radical (unpaired) electrons. The van der Waals surface area contributed by atoms with Crippen LogP contribution in [0.25, 0.3) is 22.4 Å². The summed E-state index contributed by atoms with van der Waals surface area (Å²) in [6.45, 7) is 4.05. The molecule has 144 valence electrons. The standard InChI is InChI=1S/C22H20N6O/c1-15-10-17(7-9-24-15)22-16(2)28(14-26-22)13-21(29)27-20-6-5-19(12-25-20)18-4-3-8-23-11-18/h3-12,14H,13H2,1-2H3,(H,25,27,29). The highest BCUT2D eigenvalue weighted by Gasteiger charge is 2.12. The first-order valence-corrected chi connectivity index (χ1v) is 9.21. The van der Waals surface area contributed by atoms with E-state index in [0.29, 0.717) is 5.82 Å². The third kappa shape index (κ3) is 4.19. The van der Waals surface area contributed by atoms with Crippen LogP contribution in [0.5, 0.6) is 0 Å². The molecule has 4 aromatic heterocycles. The molecule has 7 nitrogen and oxygen atoms in total. The van der Waals surface area contributed by atoms with Crippen LogP contribution in [0.1, 0.15) is 11.4 Å². The molecule has 4 heterocycles. The number of rotatable bonds is 5. The number of nitrogens with zero attached hydrogens (tertiary/aromatic N) is 5. The molecule has 0 spiro atoms. The monoisotopic (exact) mass is 384 g/mol. The minimum atomic E-state index is -0.162. The van der Waals surface area contributed by atoms with Gasteiger partial charge in [0.1, 0.15) is 12.4 Å². The van der Waals surface area contributed by atoms with Crippen LogP contribution in [0.15, 0.2) is 67.5 Å². The Morgan fingerprint density at radius 2 is 1.83 bits per heavy atom. The highest BCUT2D eigenvalue weighted by molar-refractivity contribution is 5.89. The van der Waals surface area contributed by atoms with Gasteiger partial charge in [-0.15, -0.1) is 0 Å². The lowest BCUT2D eigenvalue weighted by Gasteiger charge is -2.08. The summed E-state index contributed by atoms with van der Waals surface area (Å²) in [5, 5.41) is 2.83. The molecule has 7 heteroatoms. The van der Waals surface area contributed by atoms with Gasteiger partial charge < -0.3 is 9.88 Å². The number of hydrogen-bond acceptors (Lipinski definition) is 5. The van der Waals surface area contributed by atoms with E-state index >= 15 is 0 Å². The molecule has 29 heavy (non-hydrogen) atoms. The summed E-state index contributed by atoms with van der Waals surface area (Å²) in [5.74, 6) is 0.343. The van der Waals surface area contributed by atoms with Gasteiger partial charge in [0.25, 0.3) is 0 Å². The number of nitrogens with one attached hydrogen (secondary N) is 1. The van der Waals surface area contributed by atoms with Gasteiger partial charge in [-0.1, -0.05) is 6.07 Å². The van der Waals surface area contributed by atoms with E-state index < -0.39 is 0 Å². The van der Waals surface area contributed by atoms with Gasteiger partial charge in [0.15, 0.2) is 0 Å². The molecule has 0 saturated carbocycles. The second kappa shape index (κ2) is 8.02. The van der Waals surface area contributed by atoms with Crippen molar-refractivity contribution in [1.82, 2.24) is 24.5 Å². The molecular formula is C22H20N6O. The number of anilines is 1. The number of aryl methyl sites for hydroxylation is 1. The van der Waals surface area contributed by atoms with Crippen molar-refractivity contribution < 1.29 is 4.79 Å². The summed E-state index contributed by atoms with van der Waals surface area (Å²) < 4.78 is 1.82. The maximum atomic E-state index is 12.5. The maximum absolute atomic E-state index is 12.5. The predicted octanol–water partition coefficient (Wildman–Crippen LogP) is 3.66. The Labute approximate surface area is 168 Å². The number of aromatic nitrogens is 5. The molecule has 4 rings (SSSR count). The lowest BCUT2D eigenvalue weighted by Crippen LogP contribution is -2.19. The highest BCUT2D eigenvalue weighted by atomic mass is 16.2. The molecule has 1 amide bonds. The Morgan fingerprint density at radius 1 is 0.966 bits per heavy atom. The van der Waals surface area contributed by atoms with Crippen molar-refractivity contribution in [2.45, 2.75) is 20.4 Å². The zero-order chi connectivity index (χ0) is 20.2. The van der Waals surface area contributed by atoms with E-state index in [1.54, 1.807) is 37.2 Å². The first kappa shape index (κ1) is 18.5. The lowest BCUT2D eigenvalue weighted by atomic mass is 10.1. The minimum Gasteiger partial charge on any atom is -0.325 e. The molecule has 0 aliphatic heterocycles. The smallest absolute Gasteiger partial charge is 0.245 e. The van der Waals surface area contributed by atoms with Gasteiger partial charge in [-0.2, -0.15) is 0 Å². The largest absolute Gasteiger partial charge is 0.325 e. The molecule has 0 unspecified atom stereocenters. The van der Waals surface area contributed by atoms with E-state index in [0.717, 1.165) is 33.8 Å². The second-order valence-electron chi connectivity index (χ2n) is 6.71. The molecule has 0 aliphatic rings. The summed E-state index contributed by atoms with van der Waals surface area (Å²) in [4.78, 5) is 29.6. The Kier molecular flexibility index (Phi) is 5.11. The molecular weight excluding hydrogens is 364 g/mol. The van der Waals surface area contributed by atoms with Crippen LogP contribution in [0.3, 0.4) is 0 Å². The Hall–Kier alpha value is -3.87. The van der Waals surface area contributed by atoms with Crippen LogP contribution in [0.2, 0.25) is 0 Å². The number of hydrogen-bond donors (Lipinski definition) is 1. The van der Waals surface area contributed by atoms with E-state index in [1.807, 2.05) is 48.7 Å². The summed E-state index contributed by atoms with van der Waals surface area (Å²) in [5.41, 5.74) is 5.61. The van der Waals surface area contributed by atoms with Gasteiger partial charge in [0.2, 0.25) is 5.91 Å². The van der Waals surface area contributed by atoms with Gasteiger partial charge in [0, 0.05) is 52.9 Å². The third-order valence-electron chi connectivity index (χ3n) is 4.61. The van der Waals surface area contributed by atoms with Crippen LogP contribution >= 0.6 is 0 Å². The van der Waals surface area contributed by atoms with Crippen LogP contribution in [0, 0.1) is 13.8 Å². The van der Waals surface area contributed by atoms with Crippen molar-refractivity contribution in [3.63, 3.8) is 0 Å². The number of amides is 1. The predicted molar refractivity (Wildman–Crippen MR) is 111 cm³/mol. The van der Waals surface area contributed by atoms with Gasteiger partial charge in [-0.25, -0.2) is 9.97 Å². The van der Waals surface area contributed by atoms with E-state index in [4.69, 9.17) is 0 Å². The fourth-order valence-electron chi connectivity index (χ4n) is 3.09. The Balaban J connectivity index is 1.44. The van der Waals surface area contributed by atoms with Crippen molar-refractivity contribution in [3.05, 3.63) is 78.9 Å². The number of carbonyl (C=O) groups excluding carboxylic acids is 1. The normalized spacial score (nSPS) is 10.7. The quantitative estimate of drug-likeness (QED) is 0.568. The van der Waals surface area contributed by atoms with Crippen LogP contribution in [-0.4, -0.2) is 30.4 Å². The van der Waals surface area contributed by atoms with Crippen LogP contribution in [0.4, 0.5) is 5.82 Å². The van der Waals surface area contributed by atoms with E-state index in [2.05, 4.69) is 25.3 Å². The molecule has 0 aromatic carbocycles. The van der Waals surface area contributed by atoms with Gasteiger partial charge in [-0.05, 0) is 44.2 Å². The van der Waals surface area contributed by atoms with Gasteiger partial charge >= 0.3 is 0 Å². The molecule has 1 N–H and O–H groups in total. The first-order valence-electron chi connectivity index (χ1n) is 9.21. The summed E-state index contributed by atoms with van der Waals surface area (Å²) in [6, 6.07) is 11.4. The lowest BCUT2D eigenvalue weighted by molar-refractivity contribution is -0.116. The number of imidazole rings is 1. The summed E-state index contributed by atoms with van der Waals surface area (Å²) in [7, 11) is 0. The van der Waals surface area contributed by atoms with Gasteiger partial charge in [-0.3, -0.25) is 14.8 Å². The maximum Gasteiger partial charge on any atom is 0.245 e. The van der Waals surface area contributed by atoms with E-state index in [-0.39, 0.29) is 12.5 Å². The van der Waals surface area contributed by atoms with Crippen LogP contribution < -0.4 is 5.32 Å². The topological polar surface area (TPSA) is 85.6 Å². The Bertz CT molecular complexity index is 1140. The Morgan fingerprint density at radius 3 is 2.55 bits per heavy atom. The van der Waals surface area contributed by atoms with Crippen molar-refractivity contribution in [2.75, 3.05) is 5.32 Å². The van der Waals surface area contributed by atoms with Gasteiger partial charge in [0.05, 0.1) is 12.0 Å². The molecule has 0 saturated heterocycles. The number of pyridine rings is 3. The van der Waals surface area contributed by atoms with Crippen molar-refractivity contribution >= 4 is 11.7 Å². The third-order valence-corrected chi connectivity index (χ3v) is 4.61. The zero-order valence-electron chi connectivity index (χ0n) is 16.2. The average molecular weight is 384 g/mol. The molecule has 4 aromatic rings. The van der Waals surface area contributed by atoms with Crippen molar-refractivity contribution in [1.29, 1.82) is 0 Å². The average Bonchev–Trinajstić information content (AvgIpc) is 3.09. The molecule has 0 bridgehead atoms. The first-order chi connectivity index (χ1) is 14.1. The molecule has 0 aliphatic carbocycles. The van der Waals surface area contributed by atoms with E-state index in [1.165, 1.54) is 0 Å². The summed E-state index contributed by atoms with van der Waals surface area (Å²) in [6.07, 6.45) is 8.67. The molecule has 0 fully saturated rings. The van der Waals surface area contributed by atoms with Crippen molar-refractivity contribution in [3.8, 4) is 22.4 Å². The SMILES string of the molecule is Cc1cc(-c2ncn(CC(=O)Nc3ccc(-c4cccnc4)cn3)c2C)ccn1. The zero-order valence-corrected chi connectivity index (χ0v) is 16.2. The van der Waals surface area contributed by atoms with Crippen molar-refractivity contribution in [2.24, 2.45) is 0 Å². The highest BCUT2D eigenvalue weighted by Crippen LogP contribution is 2.22. The number of carbonyl (C=O) groups is 1. The fourth-order valence-corrected chi connectivity index (χ4v) is 3.09. The van der Waals surface area contributed by atoms with Crippen LogP contribution in [-0.2, 0) is 11.3 Å². The second-order valence-corrected chi connectivity index (χ2v) is 6.71.